The number of nitrogens with one attached hydrogen (secondary N) is 1. The van der Waals surface area contributed by atoms with Crippen molar-refractivity contribution < 1.29 is 12.8 Å². The lowest BCUT2D eigenvalue weighted by Gasteiger charge is -2.08. The first-order valence-corrected chi connectivity index (χ1v) is 9.08. The van der Waals surface area contributed by atoms with Crippen LogP contribution in [0.25, 0.3) is 0 Å². The third-order valence-corrected chi connectivity index (χ3v) is 4.89. The molecule has 0 saturated heterocycles. The van der Waals surface area contributed by atoms with Gasteiger partial charge in [0.25, 0.3) is 0 Å². The molecular formula is C13H17FN2O2S2. The molecule has 0 aromatic heterocycles. The predicted molar refractivity (Wildman–Crippen MR) is 78.5 cm³/mol. The molecule has 0 fully saturated rings. The maximum absolute atomic E-state index is 13.4. The predicted octanol–water partition coefficient (Wildman–Crippen LogP) is 2.51. The first-order valence-electron chi connectivity index (χ1n) is 6.20. The molecule has 1 aromatic carbocycles. The zero-order chi connectivity index (χ0) is 15.0. The largest absolute Gasteiger partial charge is 0.241 e. The highest BCUT2D eigenvalue weighted by Gasteiger charge is 2.20. The van der Waals surface area contributed by atoms with Gasteiger partial charge in [-0.05, 0) is 37.0 Å². The van der Waals surface area contributed by atoms with Crippen LogP contribution in [-0.2, 0) is 10.0 Å². The molecule has 0 unspecified atom stereocenters. The third kappa shape index (κ3) is 4.78. The molecule has 1 aromatic rings. The Kier molecular flexibility index (Phi) is 6.99. The van der Waals surface area contributed by atoms with Gasteiger partial charge < -0.3 is 0 Å². The molecule has 0 spiro atoms. The van der Waals surface area contributed by atoms with Crippen LogP contribution in [0.3, 0.4) is 0 Å². The quantitative estimate of drug-likeness (QED) is 0.748. The molecule has 0 aliphatic carbocycles. The fourth-order valence-corrected chi connectivity index (χ4v) is 3.40. The minimum atomic E-state index is -3.84. The Morgan fingerprint density at radius 1 is 1.35 bits per heavy atom. The minimum absolute atomic E-state index is 0.290. The molecule has 20 heavy (non-hydrogen) atoms. The van der Waals surface area contributed by atoms with Gasteiger partial charge in [-0.1, -0.05) is 12.5 Å². The summed E-state index contributed by atoms with van der Waals surface area (Å²) in [6, 6.07) is 5.18. The topological polar surface area (TPSA) is 70.0 Å². The van der Waals surface area contributed by atoms with E-state index in [1.165, 1.54) is 12.1 Å². The van der Waals surface area contributed by atoms with E-state index >= 15 is 0 Å². The molecule has 0 amide bonds. The van der Waals surface area contributed by atoms with E-state index in [1.807, 2.05) is 6.26 Å². The van der Waals surface area contributed by atoms with Crippen molar-refractivity contribution in [3.8, 4) is 6.07 Å². The highest BCUT2D eigenvalue weighted by Crippen LogP contribution is 2.17. The van der Waals surface area contributed by atoms with Crippen LogP contribution in [0.15, 0.2) is 23.1 Å². The van der Waals surface area contributed by atoms with Crippen LogP contribution in [0.4, 0.5) is 4.39 Å². The third-order valence-electron chi connectivity index (χ3n) is 2.69. The number of rotatable bonds is 8. The van der Waals surface area contributed by atoms with Gasteiger partial charge in [-0.25, -0.2) is 17.5 Å². The maximum atomic E-state index is 13.4. The molecule has 0 bridgehead atoms. The summed E-state index contributed by atoms with van der Waals surface area (Å²) in [5.74, 6) is 0.227. The molecule has 7 heteroatoms. The van der Waals surface area contributed by atoms with Crippen LogP contribution in [0.5, 0.6) is 0 Å². The molecule has 0 saturated carbocycles. The van der Waals surface area contributed by atoms with Crippen molar-refractivity contribution in [2.75, 3.05) is 18.6 Å². The van der Waals surface area contributed by atoms with Gasteiger partial charge in [0.15, 0.2) is 0 Å². The number of nitrogens with zero attached hydrogens (tertiary/aromatic N) is 1. The van der Waals surface area contributed by atoms with Gasteiger partial charge in [-0.2, -0.15) is 17.0 Å². The second-order valence-electron chi connectivity index (χ2n) is 4.18. The van der Waals surface area contributed by atoms with Gasteiger partial charge in [0.2, 0.25) is 10.0 Å². The maximum Gasteiger partial charge on any atom is 0.241 e. The van der Waals surface area contributed by atoms with E-state index in [4.69, 9.17) is 5.26 Å². The van der Waals surface area contributed by atoms with Gasteiger partial charge in [-0.3, -0.25) is 0 Å². The molecule has 4 nitrogen and oxygen atoms in total. The van der Waals surface area contributed by atoms with Crippen LogP contribution in [-0.4, -0.2) is 27.0 Å². The molecule has 1 rings (SSSR count). The Labute approximate surface area is 123 Å². The van der Waals surface area contributed by atoms with E-state index < -0.39 is 21.4 Å². The Bertz CT molecular complexity index is 583. The lowest BCUT2D eigenvalue weighted by atomic mass is 10.2. The number of sulfonamides is 1. The summed E-state index contributed by atoms with van der Waals surface area (Å²) in [6.45, 7) is 0.290. The van der Waals surface area contributed by atoms with E-state index in [9.17, 15) is 12.8 Å². The van der Waals surface area contributed by atoms with Crippen molar-refractivity contribution in [2.45, 2.75) is 24.2 Å². The SMILES string of the molecule is CSCCCCCNS(=O)(=O)c1cccc(F)c1C#N. The Balaban J connectivity index is 2.66. The summed E-state index contributed by atoms with van der Waals surface area (Å²) in [5, 5.41) is 8.85. The molecule has 0 atom stereocenters. The number of thioether (sulfide) groups is 1. The van der Waals surface area contributed by atoms with Crippen molar-refractivity contribution in [3.63, 3.8) is 0 Å². The minimum Gasteiger partial charge on any atom is -0.211 e. The van der Waals surface area contributed by atoms with Gasteiger partial charge in [0.05, 0.1) is 0 Å². The van der Waals surface area contributed by atoms with Gasteiger partial charge in [0.1, 0.15) is 22.3 Å². The highest BCUT2D eigenvalue weighted by atomic mass is 32.2. The molecule has 0 aliphatic heterocycles. The Morgan fingerprint density at radius 3 is 2.75 bits per heavy atom. The molecular weight excluding hydrogens is 299 g/mol. The van der Waals surface area contributed by atoms with Crippen LogP contribution in [0, 0.1) is 17.1 Å². The van der Waals surface area contributed by atoms with Crippen molar-refractivity contribution in [2.24, 2.45) is 0 Å². The monoisotopic (exact) mass is 316 g/mol. The zero-order valence-corrected chi connectivity index (χ0v) is 12.9. The fraction of sp³-hybridized carbons (Fsp3) is 0.462. The Morgan fingerprint density at radius 2 is 2.10 bits per heavy atom. The number of halogens is 1. The fourth-order valence-electron chi connectivity index (χ4n) is 1.67. The highest BCUT2D eigenvalue weighted by molar-refractivity contribution is 7.98. The summed E-state index contributed by atoms with van der Waals surface area (Å²) in [6.07, 6.45) is 4.71. The average Bonchev–Trinajstić information content (AvgIpc) is 2.42. The van der Waals surface area contributed by atoms with E-state index in [0.29, 0.717) is 0 Å². The number of hydrogen-bond donors (Lipinski definition) is 1. The molecule has 1 N–H and O–H groups in total. The second kappa shape index (κ2) is 8.25. The Hall–Kier alpha value is -1.10. The summed E-state index contributed by atoms with van der Waals surface area (Å²) < 4.78 is 39.8. The normalized spacial score (nSPS) is 11.2. The van der Waals surface area contributed by atoms with Crippen molar-refractivity contribution in [1.29, 1.82) is 5.26 Å². The van der Waals surface area contributed by atoms with E-state index in [1.54, 1.807) is 17.8 Å². The number of benzene rings is 1. The van der Waals surface area contributed by atoms with Gasteiger partial charge in [0, 0.05) is 6.54 Å². The second-order valence-corrected chi connectivity index (χ2v) is 6.90. The molecule has 0 radical (unpaired) electrons. The molecule has 0 aliphatic rings. The summed E-state index contributed by atoms with van der Waals surface area (Å²) in [5.41, 5.74) is -0.442. The van der Waals surface area contributed by atoms with Crippen LogP contribution in [0.2, 0.25) is 0 Å². The number of unbranched alkanes of at least 4 members (excludes halogenated alkanes) is 2. The van der Waals surface area contributed by atoms with Gasteiger partial charge >= 0.3 is 0 Å². The van der Waals surface area contributed by atoms with E-state index in [-0.39, 0.29) is 11.4 Å². The van der Waals surface area contributed by atoms with Crippen LogP contribution in [0.1, 0.15) is 24.8 Å². The van der Waals surface area contributed by atoms with Gasteiger partial charge in [-0.15, -0.1) is 0 Å². The van der Waals surface area contributed by atoms with Crippen LogP contribution >= 0.6 is 11.8 Å². The molecule has 110 valence electrons. The standard InChI is InChI=1S/C13H17FN2O2S2/c1-19-9-4-2-3-8-16-20(17,18)13-7-5-6-12(14)11(13)10-15/h5-7,16H,2-4,8-9H2,1H3. The lowest BCUT2D eigenvalue weighted by Crippen LogP contribution is -2.25. The smallest absolute Gasteiger partial charge is 0.211 e. The van der Waals surface area contributed by atoms with Crippen molar-refractivity contribution in [1.82, 2.24) is 4.72 Å². The first kappa shape index (κ1) is 17.0. The van der Waals surface area contributed by atoms with E-state index in [2.05, 4.69) is 4.72 Å². The first-order chi connectivity index (χ1) is 9.53. The van der Waals surface area contributed by atoms with Crippen molar-refractivity contribution in [3.05, 3.63) is 29.6 Å². The van der Waals surface area contributed by atoms with Crippen LogP contribution < -0.4 is 4.72 Å². The average molecular weight is 316 g/mol. The summed E-state index contributed by atoms with van der Waals surface area (Å²) >= 11 is 1.75. The van der Waals surface area contributed by atoms with E-state index in [0.717, 1.165) is 31.1 Å². The summed E-state index contributed by atoms with van der Waals surface area (Å²) in [7, 11) is -3.84. The summed E-state index contributed by atoms with van der Waals surface area (Å²) in [4.78, 5) is -0.302. The number of nitriles is 1. The number of hydrogen-bond acceptors (Lipinski definition) is 4. The molecule has 0 heterocycles. The zero-order valence-electron chi connectivity index (χ0n) is 11.2. The van der Waals surface area contributed by atoms with Crippen molar-refractivity contribution >= 4 is 21.8 Å². The lowest BCUT2D eigenvalue weighted by molar-refractivity contribution is 0.572.